The number of nitrogens with zero attached hydrogens (tertiary/aromatic N) is 2. The van der Waals surface area contributed by atoms with Gasteiger partial charge >= 0.3 is 0 Å². The zero-order chi connectivity index (χ0) is 21.9. The molecule has 174 valence electrons. The van der Waals surface area contributed by atoms with Crippen LogP contribution in [0.25, 0.3) is 0 Å². The highest BCUT2D eigenvalue weighted by molar-refractivity contribution is 14.0. The summed E-state index contributed by atoms with van der Waals surface area (Å²) < 4.78 is 5.34. The van der Waals surface area contributed by atoms with E-state index in [1.807, 2.05) is 23.1 Å². The van der Waals surface area contributed by atoms with Crippen LogP contribution >= 0.6 is 24.0 Å². The van der Waals surface area contributed by atoms with Crippen molar-refractivity contribution in [2.24, 2.45) is 16.6 Å². The second-order valence-electron chi connectivity index (χ2n) is 7.59. The molecule has 1 fully saturated rings. The summed E-state index contributed by atoms with van der Waals surface area (Å²) in [6, 6.07) is 7.78. The summed E-state index contributed by atoms with van der Waals surface area (Å²) in [4.78, 5) is 29.7. The summed E-state index contributed by atoms with van der Waals surface area (Å²) in [5, 5.41) is 6.76. The van der Waals surface area contributed by atoms with Gasteiger partial charge in [-0.05, 0) is 43.4 Å². The van der Waals surface area contributed by atoms with Gasteiger partial charge in [0, 0.05) is 38.6 Å². The molecule has 1 saturated heterocycles. The van der Waals surface area contributed by atoms with Crippen LogP contribution in [-0.4, -0.2) is 55.5 Å². The summed E-state index contributed by atoms with van der Waals surface area (Å²) in [7, 11) is 1.74. The Morgan fingerprint density at radius 2 is 1.94 bits per heavy atom. The van der Waals surface area contributed by atoms with E-state index >= 15 is 0 Å². The molecule has 0 aliphatic carbocycles. The van der Waals surface area contributed by atoms with Crippen molar-refractivity contribution in [2.75, 3.05) is 26.7 Å². The fourth-order valence-electron chi connectivity index (χ4n) is 3.61. The van der Waals surface area contributed by atoms with Crippen molar-refractivity contribution in [3.63, 3.8) is 0 Å². The number of halogens is 1. The predicted octanol–water partition coefficient (Wildman–Crippen LogP) is 2.26. The molecule has 0 spiro atoms. The average Bonchev–Trinajstić information content (AvgIpc) is 2.76. The van der Waals surface area contributed by atoms with Crippen molar-refractivity contribution >= 4 is 41.8 Å². The van der Waals surface area contributed by atoms with Gasteiger partial charge in [0.15, 0.2) is 12.6 Å². The molecular formula is C22H36IN5O3. The van der Waals surface area contributed by atoms with Gasteiger partial charge in [-0.2, -0.15) is 0 Å². The normalized spacial score (nSPS) is 14.7. The molecular weight excluding hydrogens is 509 g/mol. The third kappa shape index (κ3) is 8.92. The zero-order valence-corrected chi connectivity index (χ0v) is 21.1. The Hall–Kier alpha value is -2.04. The maximum atomic E-state index is 12.5. The summed E-state index contributed by atoms with van der Waals surface area (Å²) in [6.07, 6.45) is 3.61. The number of piperidine rings is 1. The third-order valence-electron chi connectivity index (χ3n) is 5.45. The SMILES string of the molecule is CCC(CC)C(=O)N1CCC(NC(=NC)NCc2cccc(OCC(N)=O)c2)CC1.I. The number of nitrogens with two attached hydrogens (primary N) is 1. The number of aliphatic imine (C=N–C) groups is 1. The molecule has 8 nitrogen and oxygen atoms in total. The van der Waals surface area contributed by atoms with Gasteiger partial charge in [-0.1, -0.05) is 26.0 Å². The highest BCUT2D eigenvalue weighted by Gasteiger charge is 2.26. The monoisotopic (exact) mass is 545 g/mol. The molecule has 0 atom stereocenters. The quantitative estimate of drug-likeness (QED) is 0.251. The maximum Gasteiger partial charge on any atom is 0.255 e. The standard InChI is InChI=1S/C22H35N5O3.HI/c1-4-17(5-2)21(29)27-11-9-18(10-12-27)26-22(24-3)25-14-16-7-6-8-19(13-16)30-15-20(23)28;/h6-8,13,17-18H,4-5,9-12,14-15H2,1-3H3,(H2,23,28)(H2,24,25,26);1H. The molecule has 4 N–H and O–H groups in total. The highest BCUT2D eigenvalue weighted by atomic mass is 127. The van der Waals surface area contributed by atoms with E-state index in [0.29, 0.717) is 18.2 Å². The molecule has 1 heterocycles. The predicted molar refractivity (Wildman–Crippen MR) is 134 cm³/mol. The number of carbonyl (C=O) groups is 2. The third-order valence-corrected chi connectivity index (χ3v) is 5.45. The van der Waals surface area contributed by atoms with Crippen LogP contribution in [0.15, 0.2) is 29.3 Å². The Kier molecular flexibility index (Phi) is 12.3. The van der Waals surface area contributed by atoms with Gasteiger partial charge < -0.3 is 26.0 Å². The van der Waals surface area contributed by atoms with Gasteiger partial charge in [0.1, 0.15) is 5.75 Å². The van der Waals surface area contributed by atoms with Gasteiger partial charge in [-0.15, -0.1) is 24.0 Å². The van der Waals surface area contributed by atoms with E-state index in [1.165, 1.54) is 0 Å². The van der Waals surface area contributed by atoms with Crippen LogP contribution in [0.3, 0.4) is 0 Å². The molecule has 0 unspecified atom stereocenters. The van der Waals surface area contributed by atoms with Gasteiger partial charge in [-0.25, -0.2) is 0 Å². The number of guanidine groups is 1. The first-order chi connectivity index (χ1) is 14.5. The molecule has 2 rings (SSSR count). The Bertz CT molecular complexity index is 732. The number of primary amides is 1. The second-order valence-corrected chi connectivity index (χ2v) is 7.59. The van der Waals surface area contributed by atoms with Gasteiger partial charge in [0.25, 0.3) is 5.91 Å². The number of carbonyl (C=O) groups excluding carboxylic acids is 2. The molecule has 2 amide bonds. The lowest BCUT2D eigenvalue weighted by Gasteiger charge is -2.34. The van der Waals surface area contributed by atoms with Crippen molar-refractivity contribution in [2.45, 2.75) is 52.1 Å². The Labute approximate surface area is 202 Å². The second kappa shape index (κ2) is 14.1. The van der Waals surface area contributed by atoms with Crippen LogP contribution in [0.5, 0.6) is 5.75 Å². The molecule has 9 heteroatoms. The lowest BCUT2D eigenvalue weighted by atomic mass is 9.98. The van der Waals surface area contributed by atoms with Gasteiger partial charge in [-0.3, -0.25) is 14.6 Å². The summed E-state index contributed by atoms with van der Waals surface area (Å²) >= 11 is 0. The first-order valence-electron chi connectivity index (χ1n) is 10.7. The number of likely N-dealkylation sites (tertiary alicyclic amines) is 1. The molecule has 0 saturated carbocycles. The lowest BCUT2D eigenvalue weighted by molar-refractivity contribution is -0.136. The molecule has 1 aromatic rings. The largest absolute Gasteiger partial charge is 0.484 e. The molecule has 1 aliphatic heterocycles. The minimum Gasteiger partial charge on any atom is -0.484 e. The highest BCUT2D eigenvalue weighted by Crippen LogP contribution is 2.17. The van der Waals surface area contributed by atoms with Crippen molar-refractivity contribution in [1.29, 1.82) is 0 Å². The summed E-state index contributed by atoms with van der Waals surface area (Å²) in [5.41, 5.74) is 6.12. The summed E-state index contributed by atoms with van der Waals surface area (Å²) in [6.45, 7) is 6.15. The Morgan fingerprint density at radius 3 is 2.52 bits per heavy atom. The lowest BCUT2D eigenvalue weighted by Crippen LogP contribution is -2.50. The molecule has 0 bridgehead atoms. The van der Waals surface area contributed by atoms with E-state index < -0.39 is 5.91 Å². The minimum atomic E-state index is -0.504. The van der Waals surface area contributed by atoms with Crippen LogP contribution < -0.4 is 21.1 Å². The van der Waals surface area contributed by atoms with Crippen LogP contribution in [0.4, 0.5) is 0 Å². The fourth-order valence-corrected chi connectivity index (χ4v) is 3.61. The van der Waals surface area contributed by atoms with Crippen LogP contribution in [-0.2, 0) is 16.1 Å². The zero-order valence-electron chi connectivity index (χ0n) is 18.7. The van der Waals surface area contributed by atoms with E-state index in [2.05, 4.69) is 29.5 Å². The molecule has 0 radical (unpaired) electrons. The summed E-state index contributed by atoms with van der Waals surface area (Å²) in [5.74, 6) is 1.26. The number of benzene rings is 1. The number of hydrogen-bond donors (Lipinski definition) is 3. The fraction of sp³-hybridized carbons (Fsp3) is 0.591. The maximum absolute atomic E-state index is 12.5. The van der Waals surface area contributed by atoms with E-state index in [1.54, 1.807) is 13.1 Å². The number of amides is 2. The van der Waals surface area contributed by atoms with E-state index in [-0.39, 0.29) is 42.5 Å². The number of rotatable bonds is 9. The number of ether oxygens (including phenoxy) is 1. The van der Waals surface area contributed by atoms with Crippen molar-refractivity contribution < 1.29 is 14.3 Å². The van der Waals surface area contributed by atoms with Gasteiger partial charge in [0.05, 0.1) is 0 Å². The van der Waals surface area contributed by atoms with Crippen molar-refractivity contribution in [1.82, 2.24) is 15.5 Å². The van der Waals surface area contributed by atoms with E-state index in [9.17, 15) is 9.59 Å². The smallest absolute Gasteiger partial charge is 0.255 e. The van der Waals surface area contributed by atoms with Crippen molar-refractivity contribution in [3.05, 3.63) is 29.8 Å². The first-order valence-corrected chi connectivity index (χ1v) is 10.7. The van der Waals surface area contributed by atoms with E-state index in [0.717, 1.165) is 50.3 Å². The molecule has 1 aromatic carbocycles. The minimum absolute atomic E-state index is 0. The molecule has 31 heavy (non-hydrogen) atoms. The van der Waals surface area contributed by atoms with Crippen LogP contribution in [0, 0.1) is 5.92 Å². The van der Waals surface area contributed by atoms with Crippen LogP contribution in [0.1, 0.15) is 45.1 Å². The van der Waals surface area contributed by atoms with Crippen molar-refractivity contribution in [3.8, 4) is 5.75 Å². The first kappa shape index (κ1) is 27.0. The number of nitrogens with one attached hydrogen (secondary N) is 2. The van der Waals surface area contributed by atoms with Crippen LogP contribution in [0.2, 0.25) is 0 Å². The number of hydrogen-bond acceptors (Lipinski definition) is 4. The topological polar surface area (TPSA) is 109 Å². The van der Waals surface area contributed by atoms with Gasteiger partial charge in [0.2, 0.25) is 5.91 Å². The average molecular weight is 545 g/mol. The Morgan fingerprint density at radius 1 is 1.26 bits per heavy atom. The van der Waals surface area contributed by atoms with E-state index in [4.69, 9.17) is 10.5 Å². The molecule has 1 aliphatic rings. The molecule has 0 aromatic heterocycles. The Balaban J connectivity index is 0.00000480.